The standard InChI is InChI=1S/C34H40N2O7/c1-20-15-23(4)31(38)29(43-6)18-21(2)17-26-30(36-34(41)24-12-8-7-9-13-24)28(37)19-27(32(26)39)35-33(40)22(3)11-10-14-25(16-20)42-5/h7-15,19,21,23,25,29H,16-18H2,1-6H3,(H,35,40)(H,36,41)/b14-10-,20-15+,22-11+/t21-,23+,25+,29+/m1/s1. The number of carbonyl (C=O) groups is 5. The lowest BCUT2D eigenvalue weighted by molar-refractivity contribution is -0.132. The van der Waals surface area contributed by atoms with E-state index in [1.807, 2.05) is 26.8 Å². The Morgan fingerprint density at radius 2 is 1.67 bits per heavy atom. The largest absolute Gasteiger partial charge is 0.377 e. The van der Waals surface area contributed by atoms with Gasteiger partial charge in [-0.1, -0.05) is 61.9 Å². The van der Waals surface area contributed by atoms with Crippen LogP contribution in [-0.4, -0.2) is 55.6 Å². The van der Waals surface area contributed by atoms with Crippen molar-refractivity contribution in [3.8, 4) is 0 Å². The third-order valence-corrected chi connectivity index (χ3v) is 7.48. The van der Waals surface area contributed by atoms with Gasteiger partial charge in [0.2, 0.25) is 11.6 Å². The van der Waals surface area contributed by atoms with Crippen molar-refractivity contribution in [3.63, 3.8) is 0 Å². The van der Waals surface area contributed by atoms with E-state index >= 15 is 0 Å². The molecule has 4 atom stereocenters. The minimum Gasteiger partial charge on any atom is -0.377 e. The van der Waals surface area contributed by atoms with E-state index in [0.717, 1.165) is 11.6 Å². The van der Waals surface area contributed by atoms with Crippen molar-refractivity contribution >= 4 is 29.2 Å². The molecule has 1 aliphatic heterocycles. The minimum absolute atomic E-state index is 0.0491. The van der Waals surface area contributed by atoms with E-state index in [-0.39, 0.29) is 47.6 Å². The van der Waals surface area contributed by atoms with Gasteiger partial charge in [0.15, 0.2) is 5.78 Å². The Bertz CT molecular complexity index is 1420. The maximum atomic E-state index is 13.7. The number of ether oxygens (including phenoxy) is 2. The highest BCUT2D eigenvalue weighted by Crippen LogP contribution is 2.27. The number of methoxy groups -OCH3 is 2. The van der Waals surface area contributed by atoms with Crippen molar-refractivity contribution in [2.24, 2.45) is 11.8 Å². The summed E-state index contributed by atoms with van der Waals surface area (Å²) >= 11 is 0. The van der Waals surface area contributed by atoms with Crippen LogP contribution in [0, 0.1) is 11.8 Å². The van der Waals surface area contributed by atoms with Gasteiger partial charge >= 0.3 is 0 Å². The Hall–Kier alpha value is -4.21. The number of hydrogen-bond donors (Lipinski definition) is 2. The molecule has 9 nitrogen and oxygen atoms in total. The van der Waals surface area contributed by atoms with Crippen LogP contribution >= 0.6 is 0 Å². The molecule has 2 aliphatic rings. The molecule has 1 aromatic carbocycles. The van der Waals surface area contributed by atoms with Crippen molar-refractivity contribution < 1.29 is 33.4 Å². The van der Waals surface area contributed by atoms with Gasteiger partial charge in [-0.25, -0.2) is 0 Å². The van der Waals surface area contributed by atoms with Crippen molar-refractivity contribution in [1.29, 1.82) is 0 Å². The average molecular weight is 589 g/mol. The summed E-state index contributed by atoms with van der Waals surface area (Å²) in [7, 11) is 3.05. The first-order valence-corrected chi connectivity index (χ1v) is 14.3. The first kappa shape index (κ1) is 33.3. The van der Waals surface area contributed by atoms with Crippen LogP contribution in [0.2, 0.25) is 0 Å². The molecule has 2 bridgehead atoms. The predicted octanol–water partition coefficient (Wildman–Crippen LogP) is 4.33. The lowest BCUT2D eigenvalue weighted by Crippen LogP contribution is -2.38. The Morgan fingerprint density at radius 3 is 2.33 bits per heavy atom. The number of ketones is 3. The molecule has 0 saturated carbocycles. The average Bonchev–Trinajstić information content (AvgIpc) is 2.98. The van der Waals surface area contributed by atoms with Crippen LogP contribution in [0.5, 0.6) is 0 Å². The third kappa shape index (κ3) is 8.89. The van der Waals surface area contributed by atoms with Gasteiger partial charge in [0.1, 0.15) is 6.10 Å². The summed E-state index contributed by atoms with van der Waals surface area (Å²) in [6, 6.07) is 8.32. The molecule has 9 heteroatoms. The number of fused-ring (bicyclic) bond motifs is 2. The molecule has 0 aromatic heterocycles. The molecular formula is C34H40N2O7. The summed E-state index contributed by atoms with van der Waals surface area (Å²) in [6.45, 7) is 7.17. The quantitative estimate of drug-likeness (QED) is 0.396. The molecule has 2 amide bonds. The van der Waals surface area contributed by atoms with Gasteiger partial charge in [-0.05, 0) is 51.2 Å². The van der Waals surface area contributed by atoms with Crippen molar-refractivity contribution in [3.05, 3.63) is 94.4 Å². The van der Waals surface area contributed by atoms with Crippen LogP contribution in [0.25, 0.3) is 0 Å². The molecule has 0 fully saturated rings. The Labute approximate surface area is 252 Å². The summed E-state index contributed by atoms with van der Waals surface area (Å²) < 4.78 is 11.1. The van der Waals surface area contributed by atoms with E-state index in [4.69, 9.17) is 9.47 Å². The Kier molecular flexibility index (Phi) is 11.9. The zero-order chi connectivity index (χ0) is 31.7. The molecule has 1 heterocycles. The summed E-state index contributed by atoms with van der Waals surface area (Å²) in [5, 5.41) is 5.18. The molecule has 0 spiro atoms. The molecule has 0 unspecified atom stereocenters. The smallest absolute Gasteiger partial charge is 0.255 e. The molecule has 228 valence electrons. The van der Waals surface area contributed by atoms with Crippen molar-refractivity contribution in [2.75, 3.05) is 14.2 Å². The lowest BCUT2D eigenvalue weighted by Gasteiger charge is -2.25. The highest BCUT2D eigenvalue weighted by atomic mass is 16.5. The fourth-order valence-electron chi connectivity index (χ4n) is 5.06. The fourth-order valence-corrected chi connectivity index (χ4v) is 5.06. The zero-order valence-electron chi connectivity index (χ0n) is 25.6. The molecule has 43 heavy (non-hydrogen) atoms. The minimum atomic E-state index is -0.756. The number of nitrogens with one attached hydrogen (secondary N) is 2. The van der Waals surface area contributed by atoms with Crippen LogP contribution in [-0.2, 0) is 28.7 Å². The van der Waals surface area contributed by atoms with E-state index in [2.05, 4.69) is 10.6 Å². The number of rotatable bonds is 4. The Balaban J connectivity index is 2.04. The van der Waals surface area contributed by atoms with Gasteiger partial charge < -0.3 is 20.1 Å². The van der Waals surface area contributed by atoms with Crippen LogP contribution in [0.4, 0.5) is 0 Å². The number of amides is 2. The maximum absolute atomic E-state index is 13.7. The molecule has 3 rings (SSSR count). The molecular weight excluding hydrogens is 548 g/mol. The topological polar surface area (TPSA) is 128 Å². The van der Waals surface area contributed by atoms with Crippen LogP contribution in [0.3, 0.4) is 0 Å². The van der Waals surface area contributed by atoms with Gasteiger partial charge in [0, 0.05) is 42.9 Å². The van der Waals surface area contributed by atoms with Gasteiger partial charge in [0.25, 0.3) is 11.8 Å². The van der Waals surface area contributed by atoms with Gasteiger partial charge in [-0.3, -0.25) is 24.0 Å². The lowest BCUT2D eigenvalue weighted by atomic mass is 9.85. The second kappa shape index (κ2) is 15.3. The normalized spacial score (nSPS) is 27.8. The summed E-state index contributed by atoms with van der Waals surface area (Å²) in [6.07, 6.45) is 7.83. The number of benzene rings is 1. The Morgan fingerprint density at radius 1 is 0.977 bits per heavy atom. The van der Waals surface area contributed by atoms with E-state index in [9.17, 15) is 24.0 Å². The van der Waals surface area contributed by atoms with Crippen LogP contribution in [0.1, 0.15) is 57.3 Å². The number of allylic oxidation sites excluding steroid dienone is 5. The number of carbonyl (C=O) groups excluding carboxylic acids is 5. The van der Waals surface area contributed by atoms with E-state index in [1.54, 1.807) is 62.6 Å². The SMILES string of the molecule is CO[C@H]1C[C@H](C)CC2=C(NC(=O)c3ccccc3)C(=O)C=C(NC(=O)/C(C)=C/C=C\[C@H](OC)C/C(C)=C/[C@H](C)C1=O)C2=O. The molecule has 1 aliphatic carbocycles. The third-order valence-electron chi connectivity index (χ3n) is 7.48. The number of Topliss-reactive ketones (excluding diaryl/α,β-unsaturated/α-hetero) is 2. The first-order valence-electron chi connectivity index (χ1n) is 14.3. The van der Waals surface area contributed by atoms with E-state index in [0.29, 0.717) is 17.6 Å². The van der Waals surface area contributed by atoms with E-state index < -0.39 is 35.4 Å². The van der Waals surface area contributed by atoms with Gasteiger partial charge in [0.05, 0.1) is 17.5 Å². The zero-order valence-corrected chi connectivity index (χ0v) is 25.6. The summed E-state index contributed by atoms with van der Waals surface area (Å²) in [5.41, 5.74) is 1.30. The van der Waals surface area contributed by atoms with Crippen molar-refractivity contribution in [1.82, 2.24) is 10.6 Å². The molecule has 0 saturated heterocycles. The second-order valence-corrected chi connectivity index (χ2v) is 11.1. The first-order chi connectivity index (χ1) is 20.4. The maximum Gasteiger partial charge on any atom is 0.255 e. The summed E-state index contributed by atoms with van der Waals surface area (Å²) in [4.78, 5) is 66.3. The monoisotopic (exact) mass is 588 g/mol. The second-order valence-electron chi connectivity index (χ2n) is 11.1. The molecule has 0 radical (unpaired) electrons. The van der Waals surface area contributed by atoms with Gasteiger partial charge in [-0.2, -0.15) is 0 Å². The van der Waals surface area contributed by atoms with Gasteiger partial charge in [-0.15, -0.1) is 0 Å². The molecule has 1 aromatic rings. The van der Waals surface area contributed by atoms with Crippen molar-refractivity contribution in [2.45, 2.75) is 59.2 Å². The highest BCUT2D eigenvalue weighted by Gasteiger charge is 2.33. The predicted molar refractivity (Wildman–Crippen MR) is 163 cm³/mol. The highest BCUT2D eigenvalue weighted by molar-refractivity contribution is 6.24. The van der Waals surface area contributed by atoms with Crippen LogP contribution < -0.4 is 10.6 Å². The molecule has 2 N–H and O–H groups in total. The number of hydrogen-bond acceptors (Lipinski definition) is 7. The van der Waals surface area contributed by atoms with Crippen LogP contribution in [0.15, 0.2) is 88.8 Å². The summed E-state index contributed by atoms with van der Waals surface area (Å²) in [5.74, 6) is -3.15. The van der Waals surface area contributed by atoms with E-state index in [1.165, 1.54) is 7.11 Å². The fraction of sp³-hybridized carbons (Fsp3) is 0.382.